The third kappa shape index (κ3) is 6.06. The van der Waals surface area contributed by atoms with Crippen LogP contribution in [0, 0.1) is 0 Å². The van der Waals surface area contributed by atoms with Crippen molar-refractivity contribution in [2.75, 3.05) is 37.4 Å². The van der Waals surface area contributed by atoms with Crippen molar-refractivity contribution in [3.63, 3.8) is 0 Å². The van der Waals surface area contributed by atoms with Crippen molar-refractivity contribution in [1.29, 1.82) is 0 Å². The van der Waals surface area contributed by atoms with Crippen LogP contribution in [0.2, 0.25) is 5.02 Å². The molecule has 7 heteroatoms. The van der Waals surface area contributed by atoms with Gasteiger partial charge in [-0.15, -0.1) is 0 Å². The highest BCUT2D eigenvalue weighted by molar-refractivity contribution is 6.30. The summed E-state index contributed by atoms with van der Waals surface area (Å²) in [4.78, 5) is 25.3. The van der Waals surface area contributed by atoms with Gasteiger partial charge in [0.25, 0.3) is 11.8 Å². The molecule has 0 bridgehead atoms. The molecule has 2 rings (SSSR count). The highest BCUT2D eigenvalue weighted by Crippen LogP contribution is 2.22. The number of hydrogen-bond donors (Lipinski definition) is 3. The van der Waals surface area contributed by atoms with E-state index in [1.54, 1.807) is 43.5 Å². The molecular weight excluding hydrogens is 354 g/mol. The lowest BCUT2D eigenvalue weighted by Gasteiger charge is -2.17. The van der Waals surface area contributed by atoms with E-state index in [4.69, 9.17) is 16.3 Å². The summed E-state index contributed by atoms with van der Waals surface area (Å²) in [7, 11) is 1.55. The fourth-order valence-corrected chi connectivity index (χ4v) is 2.67. The molecule has 2 amide bonds. The fraction of sp³-hybridized carbons (Fsp3) is 0.263. The summed E-state index contributed by atoms with van der Waals surface area (Å²) in [5, 5.41) is 6.17. The molecule has 0 aliphatic carbocycles. The lowest BCUT2D eigenvalue weighted by Crippen LogP contribution is -3.13. The SMILES string of the molecule is CC[NH+](CC(=O)Nc1cccc(Cl)c1)CC(=O)Nc1ccccc1OC. The normalized spacial score (nSPS) is 11.5. The Kier molecular flexibility index (Phi) is 7.44. The van der Waals surface area contributed by atoms with Gasteiger partial charge in [0.05, 0.1) is 19.3 Å². The molecule has 0 saturated carbocycles. The van der Waals surface area contributed by atoms with Crippen LogP contribution < -0.4 is 20.3 Å². The molecule has 6 nitrogen and oxygen atoms in total. The monoisotopic (exact) mass is 376 g/mol. The Morgan fingerprint density at radius 1 is 1.04 bits per heavy atom. The predicted octanol–water partition coefficient (Wildman–Crippen LogP) is 1.83. The van der Waals surface area contributed by atoms with Gasteiger partial charge in [-0.1, -0.05) is 29.8 Å². The number of amides is 2. The number of likely N-dealkylation sites (N-methyl/N-ethyl adjacent to an activating group) is 1. The average molecular weight is 377 g/mol. The lowest BCUT2D eigenvalue weighted by atomic mass is 10.3. The van der Waals surface area contributed by atoms with E-state index in [-0.39, 0.29) is 24.9 Å². The van der Waals surface area contributed by atoms with E-state index in [0.717, 1.165) is 4.90 Å². The zero-order valence-corrected chi connectivity index (χ0v) is 15.6. The number of quaternary nitrogens is 1. The van der Waals surface area contributed by atoms with Crippen LogP contribution in [-0.4, -0.2) is 38.6 Å². The summed E-state index contributed by atoms with van der Waals surface area (Å²) in [5.74, 6) is 0.244. The molecule has 0 aliphatic heterocycles. The predicted molar refractivity (Wildman–Crippen MR) is 103 cm³/mol. The fourth-order valence-electron chi connectivity index (χ4n) is 2.48. The van der Waals surface area contributed by atoms with Gasteiger partial charge in [0.15, 0.2) is 13.1 Å². The average Bonchev–Trinajstić information content (AvgIpc) is 2.61. The zero-order valence-electron chi connectivity index (χ0n) is 14.8. The van der Waals surface area contributed by atoms with Crippen LogP contribution in [0.3, 0.4) is 0 Å². The first-order valence-electron chi connectivity index (χ1n) is 8.33. The molecule has 0 saturated heterocycles. The lowest BCUT2D eigenvalue weighted by molar-refractivity contribution is -0.881. The first kappa shape index (κ1) is 19.8. The molecule has 1 unspecified atom stereocenters. The molecule has 0 radical (unpaired) electrons. The van der Waals surface area contributed by atoms with Gasteiger partial charge in [0.2, 0.25) is 0 Å². The van der Waals surface area contributed by atoms with Crippen molar-refractivity contribution in [3.05, 3.63) is 53.6 Å². The number of benzene rings is 2. The van der Waals surface area contributed by atoms with Crippen molar-refractivity contribution < 1.29 is 19.2 Å². The Hall–Kier alpha value is -2.57. The number of ether oxygens (including phenoxy) is 1. The van der Waals surface area contributed by atoms with Crippen LogP contribution in [0.1, 0.15) is 6.92 Å². The van der Waals surface area contributed by atoms with Crippen molar-refractivity contribution >= 4 is 34.8 Å². The Morgan fingerprint density at radius 2 is 1.73 bits per heavy atom. The molecule has 3 N–H and O–H groups in total. The number of hydrogen-bond acceptors (Lipinski definition) is 3. The van der Waals surface area contributed by atoms with Gasteiger partial charge < -0.3 is 20.3 Å². The number of carbonyl (C=O) groups is 2. The van der Waals surface area contributed by atoms with E-state index in [1.165, 1.54) is 0 Å². The van der Waals surface area contributed by atoms with Crippen LogP contribution in [0.15, 0.2) is 48.5 Å². The minimum Gasteiger partial charge on any atom is -0.495 e. The van der Waals surface area contributed by atoms with Gasteiger partial charge in [-0.3, -0.25) is 9.59 Å². The number of para-hydroxylation sites is 2. The first-order chi connectivity index (χ1) is 12.5. The third-order valence-electron chi connectivity index (χ3n) is 3.81. The summed E-state index contributed by atoms with van der Waals surface area (Å²) in [5.41, 5.74) is 1.25. The van der Waals surface area contributed by atoms with Crippen molar-refractivity contribution in [2.45, 2.75) is 6.92 Å². The standard InChI is InChI=1S/C19H22ClN3O3/c1-3-23(12-18(24)21-15-8-6-7-14(20)11-15)13-19(25)22-16-9-4-5-10-17(16)26-2/h4-11H,3,12-13H2,1-2H3,(H,21,24)(H,22,25)/p+1. The Bertz CT molecular complexity index is 767. The quantitative estimate of drug-likeness (QED) is 0.658. The summed E-state index contributed by atoms with van der Waals surface area (Å²) >= 11 is 5.91. The summed E-state index contributed by atoms with van der Waals surface area (Å²) < 4.78 is 5.22. The molecule has 2 aromatic rings. The van der Waals surface area contributed by atoms with Crippen LogP contribution in [0.4, 0.5) is 11.4 Å². The largest absolute Gasteiger partial charge is 0.495 e. The molecule has 26 heavy (non-hydrogen) atoms. The van der Waals surface area contributed by atoms with Crippen LogP contribution in [0.25, 0.3) is 0 Å². The van der Waals surface area contributed by atoms with E-state index in [2.05, 4.69) is 10.6 Å². The van der Waals surface area contributed by atoms with Crippen LogP contribution in [-0.2, 0) is 9.59 Å². The van der Waals surface area contributed by atoms with E-state index < -0.39 is 0 Å². The van der Waals surface area contributed by atoms with Gasteiger partial charge in [-0.05, 0) is 37.3 Å². The second-order valence-electron chi connectivity index (χ2n) is 5.76. The molecule has 0 fully saturated rings. The molecule has 0 aliphatic rings. The van der Waals surface area contributed by atoms with E-state index in [9.17, 15) is 9.59 Å². The summed E-state index contributed by atoms with van der Waals surface area (Å²) in [6.07, 6.45) is 0. The molecule has 0 heterocycles. The second-order valence-corrected chi connectivity index (χ2v) is 6.20. The third-order valence-corrected chi connectivity index (χ3v) is 4.05. The zero-order chi connectivity index (χ0) is 18.9. The topological polar surface area (TPSA) is 71.9 Å². The molecule has 0 spiro atoms. The van der Waals surface area contributed by atoms with Gasteiger partial charge in [-0.25, -0.2) is 0 Å². The summed E-state index contributed by atoms with van der Waals surface area (Å²) in [6.45, 7) is 2.93. The minimum absolute atomic E-state index is 0.172. The Balaban J connectivity index is 1.89. The minimum atomic E-state index is -0.179. The molecule has 138 valence electrons. The smallest absolute Gasteiger partial charge is 0.279 e. The number of rotatable bonds is 8. The number of anilines is 2. The number of nitrogens with one attached hydrogen (secondary N) is 3. The van der Waals surface area contributed by atoms with E-state index in [1.807, 2.05) is 19.1 Å². The highest BCUT2D eigenvalue weighted by Gasteiger charge is 2.17. The second kappa shape index (κ2) is 9.79. The molecule has 1 atom stereocenters. The Morgan fingerprint density at radius 3 is 2.38 bits per heavy atom. The Labute approximate surface area is 158 Å². The van der Waals surface area contributed by atoms with Crippen LogP contribution >= 0.6 is 11.6 Å². The van der Waals surface area contributed by atoms with Gasteiger partial charge >= 0.3 is 0 Å². The maximum absolute atomic E-state index is 12.3. The molecule has 2 aromatic carbocycles. The van der Waals surface area contributed by atoms with Gasteiger partial charge in [-0.2, -0.15) is 0 Å². The van der Waals surface area contributed by atoms with Gasteiger partial charge in [0, 0.05) is 10.7 Å². The molecule has 0 aromatic heterocycles. The number of carbonyl (C=O) groups excluding carboxylic acids is 2. The number of halogens is 1. The van der Waals surface area contributed by atoms with E-state index in [0.29, 0.717) is 28.7 Å². The van der Waals surface area contributed by atoms with Crippen molar-refractivity contribution in [3.8, 4) is 5.75 Å². The maximum Gasteiger partial charge on any atom is 0.279 e. The van der Waals surface area contributed by atoms with E-state index >= 15 is 0 Å². The summed E-state index contributed by atoms with van der Waals surface area (Å²) in [6, 6.07) is 14.2. The first-order valence-corrected chi connectivity index (χ1v) is 8.71. The van der Waals surface area contributed by atoms with Crippen LogP contribution in [0.5, 0.6) is 5.75 Å². The highest BCUT2D eigenvalue weighted by atomic mass is 35.5. The maximum atomic E-state index is 12.3. The number of methoxy groups -OCH3 is 1. The van der Waals surface area contributed by atoms with Crippen molar-refractivity contribution in [2.24, 2.45) is 0 Å². The van der Waals surface area contributed by atoms with Crippen molar-refractivity contribution in [1.82, 2.24) is 0 Å². The molecular formula is C19H23ClN3O3+. The van der Waals surface area contributed by atoms with Gasteiger partial charge in [0.1, 0.15) is 5.75 Å².